The van der Waals surface area contributed by atoms with Crippen molar-refractivity contribution in [3.63, 3.8) is 0 Å². The second-order valence-electron chi connectivity index (χ2n) is 6.02. The molecule has 0 aliphatic heterocycles. The number of amides is 1. The lowest BCUT2D eigenvalue weighted by molar-refractivity contribution is 0.0949. The second-order valence-corrected chi connectivity index (χ2v) is 6.02. The van der Waals surface area contributed by atoms with Gasteiger partial charge in [0.15, 0.2) is 5.69 Å². The number of rotatable bonds is 7. The molecule has 0 bridgehead atoms. The molecule has 1 aromatic carbocycles. The number of benzene rings is 1. The summed E-state index contributed by atoms with van der Waals surface area (Å²) in [7, 11) is 0. The molecule has 0 aliphatic rings. The van der Waals surface area contributed by atoms with Crippen LogP contribution in [0.5, 0.6) is 0 Å². The van der Waals surface area contributed by atoms with E-state index in [4.69, 9.17) is 5.73 Å². The van der Waals surface area contributed by atoms with Crippen molar-refractivity contribution >= 4 is 24.0 Å². The Balaban J connectivity index is 1.75. The molecule has 0 radical (unpaired) electrons. The summed E-state index contributed by atoms with van der Waals surface area (Å²) in [4.78, 5) is 12.5. The van der Waals surface area contributed by atoms with Gasteiger partial charge in [0.05, 0.1) is 11.9 Å². The smallest absolute Gasteiger partial charge is 0.293 e. The molecule has 2 heterocycles. The predicted molar refractivity (Wildman–Crippen MR) is 104 cm³/mol. The maximum atomic E-state index is 12.5. The summed E-state index contributed by atoms with van der Waals surface area (Å²) < 4.78 is 5.95. The number of allylic oxidation sites excluding steroid dienone is 1. The maximum absolute atomic E-state index is 12.5. The SMILES string of the molecule is CCCc1c(C(=O)N/N=C\C(C)=C\c2ccccc2)nnn1-c1nonc1N. The van der Waals surface area contributed by atoms with E-state index in [-0.39, 0.29) is 17.3 Å². The molecular weight excluding hydrogens is 360 g/mol. The Morgan fingerprint density at radius 3 is 2.79 bits per heavy atom. The van der Waals surface area contributed by atoms with E-state index in [1.165, 1.54) is 4.68 Å². The molecule has 0 saturated carbocycles. The lowest BCUT2D eigenvalue weighted by Gasteiger charge is -2.03. The third kappa shape index (κ3) is 4.29. The van der Waals surface area contributed by atoms with Crippen LogP contribution in [0.4, 0.5) is 5.82 Å². The fraction of sp³-hybridized carbons (Fsp3) is 0.222. The second kappa shape index (κ2) is 8.71. The van der Waals surface area contributed by atoms with E-state index in [0.29, 0.717) is 12.1 Å². The average molecular weight is 380 g/mol. The zero-order chi connectivity index (χ0) is 19.9. The standard InChI is InChI=1S/C18H20N8O2/c1-3-7-14-15(21-25-26(14)17-16(19)23-28-24-17)18(27)22-20-11-12(2)10-13-8-5-4-6-9-13/h4-6,8-11H,3,7H2,1-2H3,(H2,19,23)(H,22,27)/b12-10+,20-11-. The van der Waals surface area contributed by atoms with Gasteiger partial charge in [-0.25, -0.2) is 10.1 Å². The Bertz CT molecular complexity index is 1000. The van der Waals surface area contributed by atoms with Gasteiger partial charge in [0.1, 0.15) is 0 Å². The number of carbonyl (C=O) groups is 1. The Morgan fingerprint density at radius 2 is 2.11 bits per heavy atom. The highest BCUT2D eigenvalue weighted by Crippen LogP contribution is 2.17. The molecule has 144 valence electrons. The van der Waals surface area contributed by atoms with Crippen molar-refractivity contribution in [1.29, 1.82) is 0 Å². The molecule has 10 nitrogen and oxygen atoms in total. The van der Waals surface area contributed by atoms with Crippen LogP contribution in [0.2, 0.25) is 0 Å². The molecule has 0 spiro atoms. The van der Waals surface area contributed by atoms with E-state index in [1.54, 1.807) is 6.21 Å². The first-order chi connectivity index (χ1) is 13.6. The molecule has 0 saturated heterocycles. The van der Waals surface area contributed by atoms with Crippen LogP contribution in [0.3, 0.4) is 0 Å². The summed E-state index contributed by atoms with van der Waals surface area (Å²) >= 11 is 0. The molecule has 0 atom stereocenters. The van der Waals surface area contributed by atoms with E-state index in [2.05, 4.69) is 35.8 Å². The van der Waals surface area contributed by atoms with Gasteiger partial charge in [-0.05, 0) is 34.8 Å². The minimum absolute atomic E-state index is 0.0638. The fourth-order valence-corrected chi connectivity index (χ4v) is 2.54. The van der Waals surface area contributed by atoms with Gasteiger partial charge in [0.25, 0.3) is 5.91 Å². The summed E-state index contributed by atoms with van der Waals surface area (Å²) in [5.74, 6) is -0.220. The molecule has 0 fully saturated rings. The third-order valence-corrected chi connectivity index (χ3v) is 3.79. The van der Waals surface area contributed by atoms with E-state index in [0.717, 1.165) is 17.6 Å². The summed E-state index contributed by atoms with van der Waals surface area (Å²) in [6, 6.07) is 9.82. The zero-order valence-electron chi connectivity index (χ0n) is 15.5. The highest BCUT2D eigenvalue weighted by molar-refractivity contribution is 5.94. The van der Waals surface area contributed by atoms with Crippen LogP contribution in [0.1, 0.15) is 42.0 Å². The van der Waals surface area contributed by atoms with Crippen LogP contribution < -0.4 is 11.2 Å². The minimum Gasteiger partial charge on any atom is -0.378 e. The Morgan fingerprint density at radius 1 is 1.32 bits per heavy atom. The molecule has 2 aromatic heterocycles. The van der Waals surface area contributed by atoms with Crippen molar-refractivity contribution in [2.45, 2.75) is 26.7 Å². The van der Waals surface area contributed by atoms with Gasteiger partial charge in [-0.2, -0.15) is 9.78 Å². The van der Waals surface area contributed by atoms with Crippen LogP contribution in [-0.4, -0.2) is 37.4 Å². The van der Waals surface area contributed by atoms with Crippen LogP contribution in [0.15, 0.2) is 45.6 Å². The van der Waals surface area contributed by atoms with Gasteiger partial charge in [-0.3, -0.25) is 4.79 Å². The summed E-state index contributed by atoms with van der Waals surface area (Å²) in [6.07, 6.45) is 4.82. The quantitative estimate of drug-likeness (QED) is 0.472. The van der Waals surface area contributed by atoms with Crippen LogP contribution in [-0.2, 0) is 6.42 Å². The van der Waals surface area contributed by atoms with Gasteiger partial charge < -0.3 is 5.73 Å². The number of nitrogens with zero attached hydrogens (tertiary/aromatic N) is 6. The molecule has 0 aliphatic carbocycles. The van der Waals surface area contributed by atoms with Crippen molar-refractivity contribution < 1.29 is 9.42 Å². The third-order valence-electron chi connectivity index (χ3n) is 3.79. The normalized spacial score (nSPS) is 11.9. The van der Waals surface area contributed by atoms with Gasteiger partial charge in [0.2, 0.25) is 11.6 Å². The zero-order valence-corrected chi connectivity index (χ0v) is 15.5. The van der Waals surface area contributed by atoms with Crippen molar-refractivity contribution in [3.05, 3.63) is 52.9 Å². The van der Waals surface area contributed by atoms with Crippen molar-refractivity contribution in [1.82, 2.24) is 30.7 Å². The van der Waals surface area contributed by atoms with E-state index >= 15 is 0 Å². The van der Waals surface area contributed by atoms with Crippen LogP contribution in [0.25, 0.3) is 11.9 Å². The predicted octanol–water partition coefficient (Wildman–Crippen LogP) is 2.00. The molecule has 0 unspecified atom stereocenters. The molecule has 1 amide bonds. The number of nitrogen functional groups attached to an aromatic ring is 1. The van der Waals surface area contributed by atoms with E-state index in [1.807, 2.05) is 50.3 Å². The van der Waals surface area contributed by atoms with Crippen molar-refractivity contribution in [3.8, 4) is 5.82 Å². The lowest BCUT2D eigenvalue weighted by Crippen LogP contribution is -2.20. The first-order valence-corrected chi connectivity index (χ1v) is 8.70. The van der Waals surface area contributed by atoms with Gasteiger partial charge in [-0.15, -0.1) is 5.10 Å². The number of aromatic nitrogens is 5. The number of hydrazone groups is 1. The molecule has 3 rings (SSSR count). The summed E-state index contributed by atoms with van der Waals surface area (Å²) in [5, 5.41) is 19.1. The molecule has 3 N–H and O–H groups in total. The fourth-order valence-electron chi connectivity index (χ4n) is 2.54. The highest BCUT2D eigenvalue weighted by Gasteiger charge is 2.23. The van der Waals surface area contributed by atoms with E-state index in [9.17, 15) is 4.79 Å². The van der Waals surface area contributed by atoms with E-state index < -0.39 is 5.91 Å². The molecule has 3 aromatic rings. The minimum atomic E-state index is -0.478. The number of hydrogen-bond donors (Lipinski definition) is 2. The molecular formula is C18H20N8O2. The number of nitrogens with two attached hydrogens (primary N) is 1. The molecule has 28 heavy (non-hydrogen) atoms. The van der Waals surface area contributed by atoms with Gasteiger partial charge in [0, 0.05) is 0 Å². The van der Waals surface area contributed by atoms with Crippen LogP contribution in [0, 0.1) is 0 Å². The Kier molecular flexibility index (Phi) is 5.90. The first kappa shape index (κ1) is 19.0. The van der Waals surface area contributed by atoms with Crippen molar-refractivity contribution in [2.24, 2.45) is 5.10 Å². The lowest BCUT2D eigenvalue weighted by atomic mass is 10.1. The summed E-state index contributed by atoms with van der Waals surface area (Å²) in [5.41, 5.74) is 10.8. The number of hydrogen-bond acceptors (Lipinski definition) is 8. The maximum Gasteiger partial charge on any atom is 0.293 e. The average Bonchev–Trinajstić information content (AvgIpc) is 3.28. The summed E-state index contributed by atoms with van der Waals surface area (Å²) in [6.45, 7) is 3.86. The first-order valence-electron chi connectivity index (χ1n) is 8.70. The number of nitrogens with one attached hydrogen (secondary N) is 1. The van der Waals surface area contributed by atoms with Gasteiger partial charge >= 0.3 is 0 Å². The Hall–Kier alpha value is -3.82. The van der Waals surface area contributed by atoms with Crippen molar-refractivity contribution in [2.75, 3.05) is 5.73 Å². The number of carbonyl (C=O) groups excluding carboxylic acids is 1. The number of anilines is 1. The molecule has 10 heteroatoms. The largest absolute Gasteiger partial charge is 0.378 e. The van der Waals surface area contributed by atoms with Gasteiger partial charge in [-0.1, -0.05) is 55.0 Å². The topological polar surface area (TPSA) is 137 Å². The Labute approximate surface area is 161 Å². The monoisotopic (exact) mass is 380 g/mol. The highest BCUT2D eigenvalue weighted by atomic mass is 16.6. The van der Waals surface area contributed by atoms with Crippen LogP contribution >= 0.6 is 0 Å².